The Hall–Kier alpha value is -3.58. The molecule has 0 aromatic carbocycles. The highest BCUT2D eigenvalue weighted by Crippen LogP contribution is 2.16. The van der Waals surface area contributed by atoms with Crippen LogP contribution < -0.4 is 0 Å². The lowest BCUT2D eigenvalue weighted by Crippen LogP contribution is -2.22. The summed E-state index contributed by atoms with van der Waals surface area (Å²) in [7, 11) is 0. The Morgan fingerprint density at radius 2 is 0.846 bits per heavy atom. The molecule has 0 atom stereocenters. The Morgan fingerprint density at radius 3 is 1.18 bits per heavy atom. The first-order valence-corrected chi connectivity index (χ1v) is 25.5. The number of hydrogen-bond donors (Lipinski definition) is 0. The molecule has 0 N–H and O–H groups in total. The van der Waals surface area contributed by atoms with E-state index in [4.69, 9.17) is 33.2 Å². The lowest BCUT2D eigenvalue weighted by atomic mass is 10.1. The second-order valence-corrected chi connectivity index (χ2v) is 16.3. The molecule has 12 nitrogen and oxygen atoms in total. The number of carbonyl (C=O) groups is 3. The van der Waals surface area contributed by atoms with Crippen molar-refractivity contribution in [3.05, 3.63) is 67.3 Å². The van der Waals surface area contributed by atoms with Crippen molar-refractivity contribution in [1.82, 2.24) is 9.55 Å². The Bertz CT molecular complexity index is 1240. The van der Waals surface area contributed by atoms with E-state index in [1.165, 1.54) is 17.1 Å². The summed E-state index contributed by atoms with van der Waals surface area (Å²) in [6.45, 7) is 11.5. The monoisotopic (exact) mass is 915 g/mol. The van der Waals surface area contributed by atoms with Crippen LogP contribution in [0, 0.1) is 0 Å². The highest BCUT2D eigenvalue weighted by molar-refractivity contribution is 5.70. The number of hydrogen-bond acceptors (Lipinski definition) is 11. The maximum atomic E-state index is 12.8. The molecule has 0 bridgehead atoms. The summed E-state index contributed by atoms with van der Waals surface area (Å²) < 4.78 is 42.5. The minimum absolute atomic E-state index is 0.218. The molecule has 0 saturated heterocycles. The van der Waals surface area contributed by atoms with Gasteiger partial charge in [-0.1, -0.05) is 76.3 Å². The molecule has 0 spiro atoms. The molecule has 65 heavy (non-hydrogen) atoms. The third-order valence-electron chi connectivity index (χ3n) is 10.4. The second-order valence-electron chi connectivity index (χ2n) is 16.3. The Balaban J connectivity index is 2.50. The highest BCUT2D eigenvalue weighted by Gasteiger charge is 2.18. The smallest absolute Gasteiger partial charge is 0.419 e. The summed E-state index contributed by atoms with van der Waals surface area (Å²) in [4.78, 5) is 42.1. The Kier molecular flexibility index (Phi) is 41.7. The fraction of sp³-hybridized carbons (Fsp3) is 0.736. The zero-order valence-electron chi connectivity index (χ0n) is 41.2. The minimum Gasteiger partial charge on any atom is -0.466 e. The van der Waals surface area contributed by atoms with E-state index in [2.05, 4.69) is 81.3 Å². The van der Waals surface area contributed by atoms with Gasteiger partial charge in [0.1, 0.15) is 12.4 Å². The van der Waals surface area contributed by atoms with Crippen LogP contribution in [0.4, 0.5) is 4.79 Å². The molecule has 0 fully saturated rings. The molecule has 1 aromatic rings. The predicted molar refractivity (Wildman–Crippen MR) is 260 cm³/mol. The fourth-order valence-corrected chi connectivity index (χ4v) is 6.65. The van der Waals surface area contributed by atoms with Gasteiger partial charge in [-0.2, -0.15) is 0 Å². The molecule has 372 valence electrons. The number of ether oxygens (including phenoxy) is 7. The van der Waals surface area contributed by atoms with Crippen LogP contribution >= 0.6 is 0 Å². The van der Waals surface area contributed by atoms with Crippen LogP contribution in [0.3, 0.4) is 0 Å². The van der Waals surface area contributed by atoms with E-state index >= 15 is 0 Å². The predicted octanol–water partition coefficient (Wildman–Crippen LogP) is 13.5. The summed E-state index contributed by atoms with van der Waals surface area (Å²) in [5.74, 6) is -0.552. The average molecular weight is 915 g/mol. The molecule has 0 saturated carbocycles. The highest BCUT2D eigenvalue weighted by atomic mass is 16.7. The third kappa shape index (κ3) is 38.3. The second kappa shape index (κ2) is 45.6. The van der Waals surface area contributed by atoms with Crippen molar-refractivity contribution in [2.45, 2.75) is 213 Å². The molecule has 1 heterocycles. The molecular weight excluding hydrogens is 825 g/mol. The first-order valence-electron chi connectivity index (χ1n) is 25.5. The molecule has 0 amide bonds. The topological polar surface area (TPSA) is 134 Å². The lowest BCUT2D eigenvalue weighted by Gasteiger charge is -2.19. The standard InChI is InChI=1S/C53H90N2O10/c1-5-9-13-17-21-27-43-61-51(62-44-28-22-18-14-10-6-2)37-35-49(56)59-41-31-25-33-48(65-53(58)55-40-39-54-47-55)34-26-32-42-60-50(57)36-38-52(63-45-29-23-19-15-11-7-3)64-46-30-24-20-16-12-8-4/h9-16,39-40,47-48,51-52H,5-8,17-38,41-46H2,1-4H3/b13-9-,14-10-,15-11-,16-12-. The zero-order valence-corrected chi connectivity index (χ0v) is 41.2. The molecule has 1 rings (SSSR count). The quantitative estimate of drug-likeness (QED) is 0.0203. The largest absolute Gasteiger partial charge is 0.466 e. The number of carbonyl (C=O) groups excluding carboxylic acids is 3. The summed E-state index contributed by atoms with van der Waals surface area (Å²) in [6, 6.07) is 0. The first kappa shape index (κ1) is 59.4. The molecular formula is C53H90N2O10. The number of esters is 2. The van der Waals surface area contributed by atoms with E-state index in [-0.39, 0.29) is 44.1 Å². The summed E-state index contributed by atoms with van der Waals surface area (Å²) in [6.07, 6.45) is 41.9. The van der Waals surface area contributed by atoms with Gasteiger partial charge in [-0.15, -0.1) is 0 Å². The van der Waals surface area contributed by atoms with E-state index in [9.17, 15) is 14.4 Å². The van der Waals surface area contributed by atoms with Crippen LogP contribution in [0.15, 0.2) is 67.3 Å². The maximum Gasteiger partial charge on any atom is 0.419 e. The van der Waals surface area contributed by atoms with Gasteiger partial charge in [0.25, 0.3) is 0 Å². The van der Waals surface area contributed by atoms with Crippen LogP contribution in [0.1, 0.15) is 195 Å². The van der Waals surface area contributed by atoms with Crippen LogP contribution in [0.5, 0.6) is 0 Å². The normalized spacial score (nSPS) is 12.1. The SMILES string of the molecule is CC/C=C\CCCCOC(CCC(=O)OCCCCC(CCCCOC(=O)CCC(OCCCC/C=C\CC)OCCCC/C=C\CC)OC(=O)n1ccnc1)OCCCC/C=C\CC. The van der Waals surface area contributed by atoms with Gasteiger partial charge in [-0.25, -0.2) is 14.3 Å². The average Bonchev–Trinajstić information content (AvgIpc) is 3.86. The number of imidazole rings is 1. The van der Waals surface area contributed by atoms with E-state index < -0.39 is 18.7 Å². The van der Waals surface area contributed by atoms with Gasteiger partial charge in [-0.3, -0.25) is 9.59 Å². The van der Waals surface area contributed by atoms with Gasteiger partial charge in [-0.05, 0) is 141 Å². The number of rotatable bonds is 45. The van der Waals surface area contributed by atoms with Gasteiger partial charge >= 0.3 is 18.0 Å². The van der Waals surface area contributed by atoms with Crippen molar-refractivity contribution in [2.24, 2.45) is 0 Å². The number of unbranched alkanes of at least 4 members (excludes halogenated alkanes) is 10. The van der Waals surface area contributed by atoms with Crippen LogP contribution in [-0.4, -0.2) is 85.9 Å². The lowest BCUT2D eigenvalue weighted by molar-refractivity contribution is -0.159. The summed E-state index contributed by atoms with van der Waals surface area (Å²) in [5, 5.41) is 0. The molecule has 0 aliphatic carbocycles. The van der Waals surface area contributed by atoms with Crippen LogP contribution in [0.2, 0.25) is 0 Å². The fourth-order valence-electron chi connectivity index (χ4n) is 6.65. The zero-order chi connectivity index (χ0) is 47.1. The van der Waals surface area contributed by atoms with Crippen molar-refractivity contribution < 1.29 is 47.5 Å². The summed E-state index contributed by atoms with van der Waals surface area (Å²) in [5.41, 5.74) is 0. The van der Waals surface area contributed by atoms with Gasteiger partial charge in [0.2, 0.25) is 0 Å². The van der Waals surface area contributed by atoms with Gasteiger partial charge < -0.3 is 33.2 Å². The van der Waals surface area contributed by atoms with Crippen LogP contribution in [-0.2, 0) is 42.7 Å². The molecule has 0 radical (unpaired) electrons. The van der Waals surface area contributed by atoms with E-state index in [0.717, 1.165) is 103 Å². The third-order valence-corrected chi connectivity index (χ3v) is 10.4. The van der Waals surface area contributed by atoms with Gasteiger partial charge in [0, 0.05) is 51.7 Å². The number of aromatic nitrogens is 2. The first-order chi connectivity index (χ1) is 31.9. The maximum absolute atomic E-state index is 12.8. The molecule has 0 aliphatic heterocycles. The van der Waals surface area contributed by atoms with E-state index in [1.807, 2.05) is 0 Å². The Labute approximate surface area is 394 Å². The van der Waals surface area contributed by atoms with E-state index in [0.29, 0.717) is 77.8 Å². The van der Waals surface area contributed by atoms with Crippen molar-refractivity contribution >= 4 is 18.0 Å². The van der Waals surface area contributed by atoms with Gasteiger partial charge in [0.15, 0.2) is 12.6 Å². The summed E-state index contributed by atoms with van der Waals surface area (Å²) >= 11 is 0. The molecule has 1 aromatic heterocycles. The van der Waals surface area contributed by atoms with Crippen molar-refractivity contribution in [3.8, 4) is 0 Å². The molecule has 0 aliphatic rings. The molecule has 0 unspecified atom stereocenters. The van der Waals surface area contributed by atoms with E-state index in [1.54, 1.807) is 6.20 Å². The van der Waals surface area contributed by atoms with Gasteiger partial charge in [0.05, 0.1) is 26.1 Å². The van der Waals surface area contributed by atoms with Crippen LogP contribution in [0.25, 0.3) is 0 Å². The number of nitrogens with zero attached hydrogens (tertiary/aromatic N) is 2. The Morgan fingerprint density at radius 1 is 0.477 bits per heavy atom. The molecule has 12 heteroatoms. The minimum atomic E-state index is -0.494. The van der Waals surface area contributed by atoms with Crippen molar-refractivity contribution in [2.75, 3.05) is 39.6 Å². The van der Waals surface area contributed by atoms with Crippen molar-refractivity contribution in [1.29, 1.82) is 0 Å². The van der Waals surface area contributed by atoms with Crippen molar-refractivity contribution in [3.63, 3.8) is 0 Å². The number of allylic oxidation sites excluding steroid dienone is 8.